The first-order valence-corrected chi connectivity index (χ1v) is 7.71. The molecule has 3 rings (SSSR count). The van der Waals surface area contributed by atoms with E-state index in [4.69, 9.17) is 9.47 Å². The largest absolute Gasteiger partial charge is 0.487 e. The standard InChI is InChI=1S/C19H19NO3/c1-2-22-19(21)15-10-11-18-17(14-15)20(12-6-7-13-23-18)16-8-4-3-5-9-16/h3-11,14H,2,12-13H2,1H3/b7-6-. The number of esters is 1. The number of anilines is 2. The molecule has 4 heteroatoms. The second-order valence-corrected chi connectivity index (χ2v) is 5.13. The highest BCUT2D eigenvalue weighted by Gasteiger charge is 2.18. The monoisotopic (exact) mass is 309 g/mol. The van der Waals surface area contributed by atoms with Crippen LogP contribution in [0.15, 0.2) is 60.7 Å². The van der Waals surface area contributed by atoms with Gasteiger partial charge in [-0.1, -0.05) is 24.3 Å². The van der Waals surface area contributed by atoms with Gasteiger partial charge < -0.3 is 14.4 Å². The summed E-state index contributed by atoms with van der Waals surface area (Å²) in [4.78, 5) is 14.2. The molecule has 0 fully saturated rings. The van der Waals surface area contributed by atoms with Crippen molar-refractivity contribution in [2.45, 2.75) is 6.92 Å². The van der Waals surface area contributed by atoms with Gasteiger partial charge in [0, 0.05) is 12.2 Å². The van der Waals surface area contributed by atoms with Gasteiger partial charge in [-0.05, 0) is 43.3 Å². The molecule has 4 nitrogen and oxygen atoms in total. The number of benzene rings is 2. The molecule has 2 aromatic rings. The third kappa shape index (κ3) is 3.37. The van der Waals surface area contributed by atoms with Crippen LogP contribution in [0.25, 0.3) is 0 Å². The van der Waals surface area contributed by atoms with Crippen LogP contribution < -0.4 is 9.64 Å². The van der Waals surface area contributed by atoms with E-state index in [0.29, 0.717) is 25.3 Å². The third-order valence-electron chi connectivity index (χ3n) is 3.62. The maximum atomic E-state index is 12.0. The number of rotatable bonds is 3. The molecule has 0 atom stereocenters. The van der Waals surface area contributed by atoms with E-state index in [2.05, 4.69) is 11.0 Å². The summed E-state index contributed by atoms with van der Waals surface area (Å²) in [6.07, 6.45) is 4.06. The fraction of sp³-hybridized carbons (Fsp3) is 0.211. The zero-order valence-corrected chi connectivity index (χ0v) is 13.1. The first kappa shape index (κ1) is 15.2. The van der Waals surface area contributed by atoms with Gasteiger partial charge in [-0.15, -0.1) is 0 Å². The molecule has 0 aromatic heterocycles. The first-order valence-electron chi connectivity index (χ1n) is 7.71. The fourth-order valence-electron chi connectivity index (χ4n) is 2.53. The van der Waals surface area contributed by atoms with Crippen LogP contribution in [0.2, 0.25) is 0 Å². The summed E-state index contributed by atoms with van der Waals surface area (Å²) in [6.45, 7) is 3.40. The number of nitrogens with zero attached hydrogens (tertiary/aromatic N) is 1. The third-order valence-corrected chi connectivity index (χ3v) is 3.62. The SMILES string of the molecule is CCOC(=O)c1ccc2c(c1)N(c1ccccc1)C/C=C\CO2. The van der Waals surface area contributed by atoms with E-state index in [0.717, 1.165) is 17.1 Å². The molecule has 1 aliphatic rings. The van der Waals surface area contributed by atoms with Crippen molar-refractivity contribution < 1.29 is 14.3 Å². The first-order chi connectivity index (χ1) is 11.3. The number of carbonyl (C=O) groups is 1. The number of fused-ring (bicyclic) bond motifs is 1. The van der Waals surface area contributed by atoms with E-state index in [1.165, 1.54) is 0 Å². The maximum Gasteiger partial charge on any atom is 0.338 e. The minimum atomic E-state index is -0.319. The minimum absolute atomic E-state index is 0.319. The van der Waals surface area contributed by atoms with Gasteiger partial charge in [-0.25, -0.2) is 4.79 Å². The van der Waals surface area contributed by atoms with Crippen molar-refractivity contribution in [1.82, 2.24) is 0 Å². The molecular formula is C19H19NO3. The van der Waals surface area contributed by atoms with Gasteiger partial charge in [0.25, 0.3) is 0 Å². The normalized spacial score (nSPS) is 14.9. The second kappa shape index (κ2) is 7.01. The van der Waals surface area contributed by atoms with Gasteiger partial charge in [0.05, 0.1) is 17.9 Å². The predicted octanol–water partition coefficient (Wildman–Crippen LogP) is 3.95. The Morgan fingerprint density at radius 1 is 1.17 bits per heavy atom. The summed E-state index contributed by atoms with van der Waals surface area (Å²) in [5.74, 6) is 0.437. The average molecular weight is 309 g/mol. The van der Waals surface area contributed by atoms with Crippen molar-refractivity contribution >= 4 is 17.3 Å². The van der Waals surface area contributed by atoms with Gasteiger partial charge in [0.15, 0.2) is 0 Å². The van der Waals surface area contributed by atoms with Gasteiger partial charge in [-0.2, -0.15) is 0 Å². The van der Waals surface area contributed by atoms with E-state index < -0.39 is 0 Å². The van der Waals surface area contributed by atoms with E-state index in [1.807, 2.05) is 48.5 Å². The second-order valence-electron chi connectivity index (χ2n) is 5.13. The average Bonchev–Trinajstić information content (AvgIpc) is 2.56. The number of hydrogen-bond acceptors (Lipinski definition) is 4. The van der Waals surface area contributed by atoms with Crippen LogP contribution in [0, 0.1) is 0 Å². The highest BCUT2D eigenvalue weighted by Crippen LogP contribution is 2.35. The van der Waals surface area contributed by atoms with Crippen LogP contribution in [0.3, 0.4) is 0 Å². The lowest BCUT2D eigenvalue weighted by Crippen LogP contribution is -2.20. The molecular weight excluding hydrogens is 290 g/mol. The van der Waals surface area contributed by atoms with Crippen LogP contribution in [-0.2, 0) is 4.74 Å². The smallest absolute Gasteiger partial charge is 0.338 e. The van der Waals surface area contributed by atoms with E-state index in [9.17, 15) is 4.79 Å². The van der Waals surface area contributed by atoms with Crippen LogP contribution >= 0.6 is 0 Å². The van der Waals surface area contributed by atoms with E-state index in [-0.39, 0.29) is 5.97 Å². The van der Waals surface area contributed by atoms with Crippen molar-refractivity contribution in [2.75, 3.05) is 24.7 Å². The van der Waals surface area contributed by atoms with Gasteiger partial charge in [0.1, 0.15) is 12.4 Å². The molecule has 0 saturated carbocycles. The van der Waals surface area contributed by atoms with Crippen LogP contribution in [0.4, 0.5) is 11.4 Å². The topological polar surface area (TPSA) is 38.8 Å². The van der Waals surface area contributed by atoms with Crippen molar-refractivity contribution in [3.05, 3.63) is 66.2 Å². The molecule has 0 N–H and O–H groups in total. The maximum absolute atomic E-state index is 12.0. The van der Waals surface area contributed by atoms with Gasteiger partial charge >= 0.3 is 5.97 Å². The van der Waals surface area contributed by atoms with Gasteiger partial charge in [0.2, 0.25) is 0 Å². The summed E-state index contributed by atoms with van der Waals surface area (Å²) in [5.41, 5.74) is 2.44. The zero-order valence-electron chi connectivity index (χ0n) is 13.1. The molecule has 0 spiro atoms. The van der Waals surface area contributed by atoms with Gasteiger partial charge in [-0.3, -0.25) is 0 Å². The molecule has 1 heterocycles. The Labute approximate surface area is 135 Å². The zero-order chi connectivity index (χ0) is 16.1. The molecule has 0 radical (unpaired) electrons. The van der Waals surface area contributed by atoms with Crippen molar-refractivity contribution in [1.29, 1.82) is 0 Å². The Hall–Kier alpha value is -2.75. The number of hydrogen-bond donors (Lipinski definition) is 0. The molecule has 23 heavy (non-hydrogen) atoms. The Kier molecular flexibility index (Phi) is 4.62. The summed E-state index contributed by atoms with van der Waals surface area (Å²) < 4.78 is 10.9. The Morgan fingerprint density at radius 2 is 2.00 bits per heavy atom. The Morgan fingerprint density at radius 3 is 2.78 bits per heavy atom. The molecule has 118 valence electrons. The lowest BCUT2D eigenvalue weighted by atomic mass is 10.1. The fourth-order valence-corrected chi connectivity index (χ4v) is 2.53. The Balaban J connectivity index is 2.05. The Bertz CT molecular complexity index is 710. The van der Waals surface area contributed by atoms with E-state index >= 15 is 0 Å². The molecule has 0 bridgehead atoms. The summed E-state index contributed by atoms with van der Waals surface area (Å²) >= 11 is 0. The minimum Gasteiger partial charge on any atom is -0.487 e. The van der Waals surface area contributed by atoms with Crippen molar-refractivity contribution in [3.8, 4) is 5.75 Å². The molecule has 0 aliphatic carbocycles. The lowest BCUT2D eigenvalue weighted by Gasteiger charge is -2.27. The van der Waals surface area contributed by atoms with Crippen LogP contribution in [0.1, 0.15) is 17.3 Å². The van der Waals surface area contributed by atoms with Crippen molar-refractivity contribution in [2.24, 2.45) is 0 Å². The molecule has 0 saturated heterocycles. The highest BCUT2D eigenvalue weighted by molar-refractivity contribution is 5.92. The predicted molar refractivity (Wildman–Crippen MR) is 90.5 cm³/mol. The number of para-hydroxylation sites is 1. The number of ether oxygens (including phenoxy) is 2. The quantitative estimate of drug-likeness (QED) is 0.635. The highest BCUT2D eigenvalue weighted by atomic mass is 16.5. The van der Waals surface area contributed by atoms with Crippen LogP contribution in [0.5, 0.6) is 5.75 Å². The molecule has 2 aromatic carbocycles. The summed E-state index contributed by atoms with van der Waals surface area (Å²) in [6, 6.07) is 15.4. The number of carbonyl (C=O) groups excluding carboxylic acids is 1. The molecule has 0 amide bonds. The lowest BCUT2D eigenvalue weighted by molar-refractivity contribution is 0.0526. The van der Waals surface area contributed by atoms with Crippen molar-refractivity contribution in [3.63, 3.8) is 0 Å². The van der Waals surface area contributed by atoms with Crippen LogP contribution in [-0.4, -0.2) is 25.7 Å². The summed E-state index contributed by atoms with van der Waals surface area (Å²) in [5, 5.41) is 0. The molecule has 1 aliphatic heterocycles. The molecule has 0 unspecified atom stereocenters. The summed E-state index contributed by atoms with van der Waals surface area (Å²) in [7, 11) is 0. The van der Waals surface area contributed by atoms with E-state index in [1.54, 1.807) is 13.0 Å².